The molecule has 0 spiro atoms. The van der Waals surface area contributed by atoms with Gasteiger partial charge >= 0.3 is 5.69 Å². The molecule has 0 aliphatic carbocycles. The maximum absolute atomic E-state index is 12.1. The van der Waals surface area contributed by atoms with E-state index in [0.29, 0.717) is 10.8 Å². The van der Waals surface area contributed by atoms with Crippen molar-refractivity contribution in [2.45, 2.75) is 24.8 Å². The number of hydrogen-bond acceptors (Lipinski definition) is 5. The van der Waals surface area contributed by atoms with Gasteiger partial charge in [0.2, 0.25) is 15.8 Å². The first kappa shape index (κ1) is 18.2. The lowest BCUT2D eigenvalue weighted by Crippen LogP contribution is -2.30. The van der Waals surface area contributed by atoms with Crippen molar-refractivity contribution in [2.75, 3.05) is 0 Å². The summed E-state index contributed by atoms with van der Waals surface area (Å²) in [6.07, 6.45) is 0. The molecule has 0 unspecified atom stereocenters. The molecule has 0 aliphatic rings. The number of rotatable bonds is 6. The third-order valence-corrected chi connectivity index (χ3v) is 4.78. The Morgan fingerprint density at radius 2 is 1.79 bits per heavy atom. The number of sulfonamides is 1. The van der Waals surface area contributed by atoms with E-state index in [1.807, 2.05) is 0 Å². The van der Waals surface area contributed by atoms with Gasteiger partial charge in [0, 0.05) is 17.1 Å². The molecule has 0 amide bonds. The number of nitrogens with zero attached hydrogens (tertiary/aromatic N) is 1. The van der Waals surface area contributed by atoms with Crippen LogP contribution in [0.1, 0.15) is 13.8 Å². The Hall–Kier alpha value is -2.16. The lowest BCUT2D eigenvalue weighted by molar-refractivity contribution is -0.385. The van der Waals surface area contributed by atoms with Crippen molar-refractivity contribution in [1.82, 2.24) is 4.72 Å². The molecular weight excluding hydrogens is 356 g/mol. The molecular formula is C15H15ClN2O5S. The molecule has 128 valence electrons. The van der Waals surface area contributed by atoms with Crippen LogP contribution in [0.5, 0.6) is 11.5 Å². The lowest BCUT2D eigenvalue weighted by atomic mass is 10.3. The van der Waals surface area contributed by atoms with Crippen LogP contribution in [-0.4, -0.2) is 19.4 Å². The highest BCUT2D eigenvalue weighted by molar-refractivity contribution is 7.89. The van der Waals surface area contributed by atoms with Gasteiger partial charge in [-0.1, -0.05) is 11.6 Å². The molecule has 2 rings (SSSR count). The molecule has 0 aromatic heterocycles. The number of nitro benzene ring substituents is 1. The average Bonchev–Trinajstić information content (AvgIpc) is 2.48. The van der Waals surface area contributed by atoms with Crippen LogP contribution in [0.4, 0.5) is 5.69 Å². The van der Waals surface area contributed by atoms with Crippen molar-refractivity contribution >= 4 is 27.3 Å². The summed E-state index contributed by atoms with van der Waals surface area (Å²) >= 11 is 5.77. The number of halogens is 1. The van der Waals surface area contributed by atoms with Crippen LogP contribution >= 0.6 is 11.6 Å². The summed E-state index contributed by atoms with van der Waals surface area (Å²) in [4.78, 5) is 10.4. The van der Waals surface area contributed by atoms with Crippen molar-refractivity contribution in [1.29, 1.82) is 0 Å². The van der Waals surface area contributed by atoms with E-state index in [2.05, 4.69) is 4.72 Å². The first-order valence-electron chi connectivity index (χ1n) is 6.93. The molecule has 1 N–H and O–H groups in total. The first-order valence-corrected chi connectivity index (χ1v) is 8.79. The molecule has 0 atom stereocenters. The molecule has 9 heteroatoms. The smallest absolute Gasteiger partial charge is 0.312 e. The number of hydrogen-bond donors (Lipinski definition) is 1. The monoisotopic (exact) mass is 370 g/mol. The zero-order valence-electron chi connectivity index (χ0n) is 12.9. The maximum atomic E-state index is 12.1. The summed E-state index contributed by atoms with van der Waals surface area (Å²) in [5, 5.41) is 11.8. The molecule has 0 radical (unpaired) electrons. The first-order chi connectivity index (χ1) is 11.2. The van der Waals surface area contributed by atoms with Crippen LogP contribution in [0.15, 0.2) is 47.4 Å². The minimum atomic E-state index is -3.84. The predicted molar refractivity (Wildman–Crippen MR) is 90.1 cm³/mol. The number of nitrogens with one attached hydrogen (secondary N) is 1. The summed E-state index contributed by atoms with van der Waals surface area (Å²) in [6.45, 7) is 3.31. The zero-order valence-corrected chi connectivity index (χ0v) is 14.5. The fourth-order valence-electron chi connectivity index (χ4n) is 1.90. The Balaban J connectivity index is 2.40. The van der Waals surface area contributed by atoms with Crippen molar-refractivity contribution in [3.8, 4) is 11.5 Å². The van der Waals surface area contributed by atoms with Gasteiger partial charge in [-0.3, -0.25) is 10.1 Å². The Bertz CT molecular complexity index is 851. The highest BCUT2D eigenvalue weighted by Gasteiger charge is 2.23. The van der Waals surface area contributed by atoms with E-state index in [-0.39, 0.29) is 16.7 Å². The van der Waals surface area contributed by atoms with Gasteiger partial charge < -0.3 is 4.74 Å². The van der Waals surface area contributed by atoms with E-state index in [1.165, 1.54) is 12.1 Å². The second-order valence-electron chi connectivity index (χ2n) is 5.22. The molecule has 7 nitrogen and oxygen atoms in total. The second kappa shape index (κ2) is 7.16. The van der Waals surface area contributed by atoms with Crippen molar-refractivity contribution in [2.24, 2.45) is 0 Å². The molecule has 2 aromatic rings. The van der Waals surface area contributed by atoms with E-state index in [9.17, 15) is 18.5 Å². The number of nitro groups is 1. The molecule has 2 aromatic carbocycles. The van der Waals surface area contributed by atoms with Crippen LogP contribution in [-0.2, 0) is 10.0 Å². The van der Waals surface area contributed by atoms with Crippen molar-refractivity contribution < 1.29 is 18.1 Å². The summed E-state index contributed by atoms with van der Waals surface area (Å²) in [6, 6.07) is 9.40. The summed E-state index contributed by atoms with van der Waals surface area (Å²) in [5.41, 5.74) is -0.448. The Labute approximate surface area is 144 Å². The van der Waals surface area contributed by atoms with Crippen LogP contribution < -0.4 is 9.46 Å². The fourth-order valence-corrected chi connectivity index (χ4v) is 3.30. The quantitative estimate of drug-likeness (QED) is 0.617. The maximum Gasteiger partial charge on any atom is 0.312 e. The summed E-state index contributed by atoms with van der Waals surface area (Å²) < 4.78 is 32.1. The van der Waals surface area contributed by atoms with Crippen LogP contribution in [0.3, 0.4) is 0 Å². The topological polar surface area (TPSA) is 98.5 Å². The Morgan fingerprint density at radius 3 is 2.33 bits per heavy atom. The van der Waals surface area contributed by atoms with E-state index >= 15 is 0 Å². The standard InChI is InChI=1S/C15H15ClN2O5S/c1-10(2)17-24(21,22)13-7-8-15(14(9-13)18(19)20)23-12-5-3-11(16)4-6-12/h3-10,17H,1-2H3. The molecule has 24 heavy (non-hydrogen) atoms. The highest BCUT2D eigenvalue weighted by Crippen LogP contribution is 2.33. The molecule has 0 saturated carbocycles. The van der Waals surface area contributed by atoms with E-state index in [0.717, 1.165) is 6.07 Å². The van der Waals surface area contributed by atoms with Gasteiger partial charge in [0.05, 0.1) is 9.82 Å². The predicted octanol–water partition coefficient (Wildman–Crippen LogP) is 3.73. The van der Waals surface area contributed by atoms with E-state index < -0.39 is 20.6 Å². The Morgan fingerprint density at radius 1 is 1.17 bits per heavy atom. The molecule has 0 fully saturated rings. The zero-order chi connectivity index (χ0) is 17.9. The van der Waals surface area contributed by atoms with Crippen molar-refractivity contribution in [3.63, 3.8) is 0 Å². The van der Waals surface area contributed by atoms with Crippen LogP contribution in [0.2, 0.25) is 5.02 Å². The van der Waals surface area contributed by atoms with Gasteiger partial charge in [0.15, 0.2) is 0 Å². The van der Waals surface area contributed by atoms with Gasteiger partial charge in [0.1, 0.15) is 5.75 Å². The molecule has 0 saturated heterocycles. The Kier molecular flexibility index (Phi) is 5.43. The van der Waals surface area contributed by atoms with Crippen LogP contribution in [0.25, 0.3) is 0 Å². The molecule has 0 bridgehead atoms. The van der Waals surface area contributed by atoms with Crippen LogP contribution in [0, 0.1) is 10.1 Å². The number of benzene rings is 2. The fraction of sp³-hybridized carbons (Fsp3) is 0.200. The minimum absolute atomic E-state index is 0.0641. The van der Waals surface area contributed by atoms with E-state index in [1.54, 1.807) is 38.1 Å². The molecule has 0 heterocycles. The second-order valence-corrected chi connectivity index (χ2v) is 7.37. The normalized spacial score (nSPS) is 11.5. The van der Waals surface area contributed by atoms with Gasteiger partial charge in [-0.15, -0.1) is 0 Å². The lowest BCUT2D eigenvalue weighted by Gasteiger charge is -2.11. The highest BCUT2D eigenvalue weighted by atomic mass is 35.5. The summed E-state index contributed by atoms with van der Waals surface area (Å²) in [7, 11) is -3.84. The van der Waals surface area contributed by atoms with E-state index in [4.69, 9.17) is 16.3 Å². The average molecular weight is 371 g/mol. The van der Waals surface area contributed by atoms with Gasteiger partial charge in [-0.2, -0.15) is 0 Å². The SMILES string of the molecule is CC(C)NS(=O)(=O)c1ccc(Oc2ccc(Cl)cc2)c([N+](=O)[O-])c1. The summed E-state index contributed by atoms with van der Waals surface area (Å²) in [5.74, 6) is 0.282. The third kappa shape index (κ3) is 4.44. The third-order valence-electron chi connectivity index (χ3n) is 2.87. The molecule has 0 aliphatic heterocycles. The minimum Gasteiger partial charge on any atom is -0.450 e. The van der Waals surface area contributed by atoms with Gasteiger partial charge in [-0.05, 0) is 50.2 Å². The largest absolute Gasteiger partial charge is 0.450 e. The van der Waals surface area contributed by atoms with Crippen molar-refractivity contribution in [3.05, 3.63) is 57.6 Å². The van der Waals surface area contributed by atoms with Gasteiger partial charge in [0.25, 0.3) is 0 Å². The number of ether oxygens (including phenoxy) is 1. The van der Waals surface area contributed by atoms with Gasteiger partial charge in [-0.25, -0.2) is 13.1 Å².